The molecule has 0 radical (unpaired) electrons. The summed E-state index contributed by atoms with van der Waals surface area (Å²) in [7, 11) is 1.33. The first-order valence-corrected chi connectivity index (χ1v) is 9.15. The zero-order valence-corrected chi connectivity index (χ0v) is 16.6. The van der Waals surface area contributed by atoms with Gasteiger partial charge in [-0.05, 0) is 37.3 Å². The van der Waals surface area contributed by atoms with Crippen molar-refractivity contribution in [2.75, 3.05) is 31.7 Å². The van der Waals surface area contributed by atoms with Crippen LogP contribution >= 0.6 is 0 Å². The average molecular weight is 393 g/mol. The Kier molecular flexibility index (Phi) is 6.60. The molecule has 0 saturated carbocycles. The molecule has 1 aromatic carbocycles. The van der Waals surface area contributed by atoms with Gasteiger partial charge in [-0.3, -0.25) is 14.9 Å². The molecule has 1 amide bonds. The quantitative estimate of drug-likeness (QED) is 0.538. The number of nitro benzene ring substituents is 1. The van der Waals surface area contributed by atoms with E-state index in [1.807, 2.05) is 4.90 Å². The molecular weight excluding hydrogens is 366 g/mol. The fourth-order valence-electron chi connectivity index (χ4n) is 3.70. The second kappa shape index (κ2) is 8.55. The third-order valence-electron chi connectivity index (χ3n) is 4.94. The molecule has 1 aromatic rings. The van der Waals surface area contributed by atoms with Crippen LogP contribution in [0.15, 0.2) is 18.2 Å². The molecule has 3 unspecified atom stereocenters. The molecule has 0 aliphatic carbocycles. The van der Waals surface area contributed by atoms with Gasteiger partial charge in [0.15, 0.2) is 5.54 Å². The van der Waals surface area contributed by atoms with Crippen molar-refractivity contribution in [2.45, 2.75) is 32.7 Å². The van der Waals surface area contributed by atoms with Crippen molar-refractivity contribution < 1.29 is 24.4 Å². The Labute approximate surface area is 163 Å². The molecular formula is C19H27N3O6. The number of carbonyl (C=O) groups excluding carboxylic acids is 1. The molecule has 1 saturated heterocycles. The topological polar surface area (TPSA) is 122 Å². The predicted molar refractivity (Wildman–Crippen MR) is 104 cm³/mol. The molecule has 3 atom stereocenters. The number of ether oxygens (including phenoxy) is 1. The van der Waals surface area contributed by atoms with E-state index in [0.29, 0.717) is 30.6 Å². The highest BCUT2D eigenvalue weighted by molar-refractivity contribution is 5.99. The third kappa shape index (κ3) is 4.78. The molecule has 28 heavy (non-hydrogen) atoms. The number of carboxylic acids is 1. The highest BCUT2D eigenvalue weighted by atomic mass is 16.6. The van der Waals surface area contributed by atoms with Crippen LogP contribution in [0.4, 0.5) is 11.4 Å². The summed E-state index contributed by atoms with van der Waals surface area (Å²) in [6.07, 6.45) is 1.07. The molecule has 0 spiro atoms. The molecule has 1 aliphatic heterocycles. The van der Waals surface area contributed by atoms with E-state index >= 15 is 0 Å². The fourth-order valence-corrected chi connectivity index (χ4v) is 3.70. The summed E-state index contributed by atoms with van der Waals surface area (Å²) in [5.41, 5.74) is -1.32. The normalized spacial score (nSPS) is 21.6. The van der Waals surface area contributed by atoms with Crippen LogP contribution in [0.3, 0.4) is 0 Å². The highest BCUT2D eigenvalue weighted by Crippen LogP contribution is 2.34. The van der Waals surface area contributed by atoms with Gasteiger partial charge in [-0.1, -0.05) is 13.8 Å². The Morgan fingerprint density at radius 3 is 2.46 bits per heavy atom. The Balaban J connectivity index is 2.32. The minimum Gasteiger partial charge on any atom is -0.479 e. The van der Waals surface area contributed by atoms with Gasteiger partial charge in [0.25, 0.3) is 11.6 Å². The van der Waals surface area contributed by atoms with Gasteiger partial charge in [-0.15, -0.1) is 0 Å². The first-order chi connectivity index (χ1) is 13.1. The number of aliphatic carboxylic acids is 1. The standard InChI is InChI=1S/C19H27N3O6/c1-12-7-13(2)10-21(9-12)15-6-5-14(8-16(15)22(26)27)17(23)20-19(3,11-28-4)18(24)25/h5-6,8,12-13H,7,9-11H2,1-4H3,(H,20,23)(H,24,25). The lowest BCUT2D eigenvalue weighted by atomic mass is 9.91. The summed E-state index contributed by atoms with van der Waals surface area (Å²) >= 11 is 0. The van der Waals surface area contributed by atoms with Crippen LogP contribution < -0.4 is 10.2 Å². The summed E-state index contributed by atoms with van der Waals surface area (Å²) in [5.74, 6) is -1.14. The van der Waals surface area contributed by atoms with Gasteiger partial charge in [-0.25, -0.2) is 4.79 Å². The van der Waals surface area contributed by atoms with Crippen molar-refractivity contribution in [3.63, 3.8) is 0 Å². The van der Waals surface area contributed by atoms with E-state index in [1.54, 1.807) is 6.07 Å². The van der Waals surface area contributed by atoms with E-state index < -0.39 is 22.3 Å². The molecule has 154 valence electrons. The number of hydrogen-bond acceptors (Lipinski definition) is 6. The Morgan fingerprint density at radius 2 is 1.96 bits per heavy atom. The summed E-state index contributed by atoms with van der Waals surface area (Å²) in [4.78, 5) is 37.1. The zero-order valence-electron chi connectivity index (χ0n) is 16.6. The van der Waals surface area contributed by atoms with E-state index in [-0.39, 0.29) is 17.9 Å². The molecule has 0 aromatic heterocycles. The minimum atomic E-state index is -1.64. The zero-order chi connectivity index (χ0) is 21.1. The number of methoxy groups -OCH3 is 1. The molecule has 9 heteroatoms. The number of nitro groups is 1. The van der Waals surface area contributed by atoms with Crippen LogP contribution in [-0.2, 0) is 9.53 Å². The summed E-state index contributed by atoms with van der Waals surface area (Å²) in [6, 6.07) is 4.24. The lowest BCUT2D eigenvalue weighted by Gasteiger charge is -2.36. The lowest BCUT2D eigenvalue weighted by Crippen LogP contribution is -2.55. The summed E-state index contributed by atoms with van der Waals surface area (Å²) in [6.45, 7) is 6.72. The maximum atomic E-state index is 12.5. The van der Waals surface area contributed by atoms with Crippen LogP contribution in [0.2, 0.25) is 0 Å². The van der Waals surface area contributed by atoms with Gasteiger partial charge >= 0.3 is 5.97 Å². The summed E-state index contributed by atoms with van der Waals surface area (Å²) in [5, 5.41) is 23.4. The number of hydrogen-bond donors (Lipinski definition) is 2. The van der Waals surface area contributed by atoms with E-state index in [1.165, 1.54) is 26.2 Å². The Hall–Kier alpha value is -2.68. The summed E-state index contributed by atoms with van der Waals surface area (Å²) < 4.78 is 4.88. The number of nitrogens with one attached hydrogen (secondary N) is 1. The predicted octanol–water partition coefficient (Wildman–Crippen LogP) is 2.30. The number of amides is 1. The highest BCUT2D eigenvalue weighted by Gasteiger charge is 2.36. The molecule has 1 fully saturated rings. The van der Waals surface area contributed by atoms with Crippen molar-refractivity contribution in [3.8, 4) is 0 Å². The van der Waals surface area contributed by atoms with Crippen LogP contribution in [0.1, 0.15) is 37.6 Å². The van der Waals surface area contributed by atoms with Crippen LogP contribution in [0.25, 0.3) is 0 Å². The van der Waals surface area contributed by atoms with Crippen LogP contribution in [0.5, 0.6) is 0 Å². The molecule has 2 N–H and O–H groups in total. The van der Waals surface area contributed by atoms with Gasteiger partial charge in [0, 0.05) is 31.8 Å². The van der Waals surface area contributed by atoms with Gasteiger partial charge in [0.1, 0.15) is 5.69 Å². The van der Waals surface area contributed by atoms with Gasteiger partial charge in [-0.2, -0.15) is 0 Å². The van der Waals surface area contributed by atoms with Crippen molar-refractivity contribution in [2.24, 2.45) is 11.8 Å². The van der Waals surface area contributed by atoms with E-state index in [4.69, 9.17) is 4.74 Å². The fraction of sp³-hybridized carbons (Fsp3) is 0.579. The molecule has 1 aliphatic rings. The third-order valence-corrected chi connectivity index (χ3v) is 4.94. The number of carbonyl (C=O) groups is 2. The number of rotatable bonds is 7. The van der Waals surface area contributed by atoms with Crippen LogP contribution in [0, 0.1) is 22.0 Å². The second-order valence-electron chi connectivity index (χ2n) is 7.84. The SMILES string of the molecule is COCC(C)(NC(=O)c1ccc(N2CC(C)CC(C)C2)c([N+](=O)[O-])c1)C(=O)O. The van der Waals surface area contributed by atoms with E-state index in [0.717, 1.165) is 6.42 Å². The average Bonchev–Trinajstić information content (AvgIpc) is 2.60. The smallest absolute Gasteiger partial charge is 0.331 e. The van der Waals surface area contributed by atoms with Gasteiger partial charge in [0.2, 0.25) is 0 Å². The minimum absolute atomic E-state index is 0.0251. The molecule has 0 bridgehead atoms. The van der Waals surface area contributed by atoms with E-state index in [2.05, 4.69) is 19.2 Å². The number of anilines is 1. The number of benzene rings is 1. The Bertz CT molecular complexity index is 758. The first-order valence-electron chi connectivity index (χ1n) is 9.15. The monoisotopic (exact) mass is 393 g/mol. The first kappa shape index (κ1) is 21.6. The maximum Gasteiger partial charge on any atom is 0.331 e. The van der Waals surface area contributed by atoms with Crippen LogP contribution in [-0.4, -0.2) is 54.3 Å². The molecule has 2 rings (SSSR count). The largest absolute Gasteiger partial charge is 0.479 e. The number of piperidine rings is 1. The van der Waals surface area contributed by atoms with Crippen molar-refractivity contribution in [3.05, 3.63) is 33.9 Å². The maximum absolute atomic E-state index is 12.5. The van der Waals surface area contributed by atoms with Crippen molar-refractivity contribution in [1.29, 1.82) is 0 Å². The van der Waals surface area contributed by atoms with Crippen molar-refractivity contribution in [1.82, 2.24) is 5.32 Å². The number of carboxylic acid groups (broad SMARTS) is 1. The van der Waals surface area contributed by atoms with Gasteiger partial charge < -0.3 is 20.1 Å². The Morgan fingerprint density at radius 1 is 1.36 bits per heavy atom. The van der Waals surface area contributed by atoms with Gasteiger partial charge in [0.05, 0.1) is 11.5 Å². The molecule has 1 heterocycles. The second-order valence-corrected chi connectivity index (χ2v) is 7.84. The molecule has 9 nitrogen and oxygen atoms in total. The van der Waals surface area contributed by atoms with E-state index in [9.17, 15) is 24.8 Å². The van der Waals surface area contributed by atoms with Crippen molar-refractivity contribution >= 4 is 23.3 Å². The number of nitrogens with zero attached hydrogens (tertiary/aromatic N) is 2. The lowest BCUT2D eigenvalue weighted by molar-refractivity contribution is -0.384.